The van der Waals surface area contributed by atoms with E-state index < -0.39 is 12.0 Å². The average molecular weight is 364 g/mol. The maximum Gasteiger partial charge on any atom is 0.512 e. The van der Waals surface area contributed by atoms with E-state index in [1.807, 2.05) is 0 Å². The van der Waals surface area contributed by atoms with Gasteiger partial charge in [0.2, 0.25) is 11.8 Å². The van der Waals surface area contributed by atoms with Gasteiger partial charge in [0.05, 0.1) is 18.5 Å². The molecule has 0 radical (unpaired) electrons. The number of hydrogen-bond acceptors (Lipinski definition) is 5. The van der Waals surface area contributed by atoms with Gasteiger partial charge >= 0.3 is 6.16 Å². The van der Waals surface area contributed by atoms with E-state index in [9.17, 15) is 9.18 Å². The number of methoxy groups -OCH3 is 1. The van der Waals surface area contributed by atoms with Gasteiger partial charge in [-0.05, 0) is 24.3 Å². The zero-order valence-corrected chi connectivity index (χ0v) is 13.6. The van der Waals surface area contributed by atoms with Crippen LogP contribution in [0.15, 0.2) is 42.6 Å². The van der Waals surface area contributed by atoms with Crippen LogP contribution >= 0.6 is 11.6 Å². The van der Waals surface area contributed by atoms with Crippen LogP contribution < -0.4 is 9.47 Å². The number of benzene rings is 1. The Bertz CT molecular complexity index is 925. The first kappa shape index (κ1) is 16.7. The third-order valence-electron chi connectivity index (χ3n) is 3.21. The first-order chi connectivity index (χ1) is 12.0. The van der Waals surface area contributed by atoms with Crippen molar-refractivity contribution >= 4 is 17.8 Å². The molecule has 0 aliphatic heterocycles. The number of nitrogens with zero attached hydrogens (tertiary/aromatic N) is 3. The Morgan fingerprint density at radius 2 is 2.04 bits per heavy atom. The predicted octanol–water partition coefficient (Wildman–Crippen LogP) is 3.79. The van der Waals surface area contributed by atoms with Gasteiger partial charge in [0, 0.05) is 28.9 Å². The Labute approximate surface area is 146 Å². The number of halogens is 2. The minimum Gasteiger partial charge on any atom is -0.481 e. The van der Waals surface area contributed by atoms with E-state index in [1.165, 1.54) is 36.2 Å². The number of carboxylic acid groups (broad SMARTS) is 1. The highest BCUT2D eigenvalue weighted by atomic mass is 35.5. The fraction of sp³-hybridized carbons (Fsp3) is 0.0625. The predicted molar refractivity (Wildman–Crippen MR) is 87.0 cm³/mol. The van der Waals surface area contributed by atoms with Crippen LogP contribution in [0.1, 0.15) is 0 Å². The molecule has 1 aromatic carbocycles. The molecule has 0 spiro atoms. The molecule has 0 aliphatic rings. The third kappa shape index (κ3) is 3.69. The molecule has 0 atom stereocenters. The van der Waals surface area contributed by atoms with E-state index in [2.05, 4.69) is 14.8 Å². The molecular formula is C16H11ClFN3O4. The number of hydrogen-bond donors (Lipinski definition) is 1. The molecule has 0 aliphatic carbocycles. The Kier molecular flexibility index (Phi) is 4.53. The topological polar surface area (TPSA) is 86.5 Å². The van der Waals surface area contributed by atoms with Crippen LogP contribution in [0.25, 0.3) is 16.9 Å². The second-order valence-electron chi connectivity index (χ2n) is 4.86. The van der Waals surface area contributed by atoms with Crippen molar-refractivity contribution in [2.24, 2.45) is 0 Å². The summed E-state index contributed by atoms with van der Waals surface area (Å²) < 4.78 is 24.8. The van der Waals surface area contributed by atoms with Crippen LogP contribution in [0.2, 0.25) is 5.02 Å². The molecule has 1 N–H and O–H groups in total. The van der Waals surface area contributed by atoms with Crippen molar-refractivity contribution in [2.45, 2.75) is 0 Å². The Balaban J connectivity index is 2.18. The molecule has 0 saturated heterocycles. The zero-order valence-electron chi connectivity index (χ0n) is 12.8. The molecule has 7 nitrogen and oxygen atoms in total. The number of rotatable bonds is 4. The first-order valence-electron chi connectivity index (χ1n) is 6.94. The van der Waals surface area contributed by atoms with Gasteiger partial charge in [0.25, 0.3) is 0 Å². The van der Waals surface area contributed by atoms with Crippen LogP contribution in [0.4, 0.5) is 9.18 Å². The monoisotopic (exact) mass is 363 g/mol. The van der Waals surface area contributed by atoms with Gasteiger partial charge in [-0.3, -0.25) is 0 Å². The smallest absolute Gasteiger partial charge is 0.481 e. The summed E-state index contributed by atoms with van der Waals surface area (Å²) in [6.07, 6.45) is -0.0172. The van der Waals surface area contributed by atoms with Gasteiger partial charge in [0.15, 0.2) is 0 Å². The summed E-state index contributed by atoms with van der Waals surface area (Å²) in [5, 5.41) is 13.1. The lowest BCUT2D eigenvalue weighted by atomic mass is 10.1. The molecule has 128 valence electrons. The third-order valence-corrected chi connectivity index (χ3v) is 3.43. The molecule has 0 bridgehead atoms. The Hall–Kier alpha value is -3.13. The van der Waals surface area contributed by atoms with Gasteiger partial charge in [0.1, 0.15) is 5.82 Å². The highest BCUT2D eigenvalue weighted by Crippen LogP contribution is 2.30. The van der Waals surface area contributed by atoms with Crippen LogP contribution in [0, 0.1) is 5.82 Å². The second-order valence-corrected chi connectivity index (χ2v) is 5.30. The molecule has 25 heavy (non-hydrogen) atoms. The largest absolute Gasteiger partial charge is 0.512 e. The van der Waals surface area contributed by atoms with E-state index in [-0.39, 0.29) is 10.9 Å². The molecule has 2 heterocycles. The number of aromatic nitrogens is 3. The van der Waals surface area contributed by atoms with Crippen molar-refractivity contribution in [3.63, 3.8) is 0 Å². The van der Waals surface area contributed by atoms with Crippen LogP contribution in [-0.2, 0) is 0 Å². The maximum atomic E-state index is 13.7. The highest BCUT2D eigenvalue weighted by molar-refractivity contribution is 6.30. The van der Waals surface area contributed by atoms with Gasteiger partial charge < -0.3 is 14.6 Å². The van der Waals surface area contributed by atoms with Crippen LogP contribution in [0.5, 0.6) is 11.8 Å². The molecule has 0 fully saturated rings. The van der Waals surface area contributed by atoms with E-state index in [0.717, 1.165) is 6.07 Å². The second kappa shape index (κ2) is 6.78. The summed E-state index contributed by atoms with van der Waals surface area (Å²) in [6.45, 7) is 0. The van der Waals surface area contributed by atoms with Gasteiger partial charge in [-0.25, -0.2) is 18.9 Å². The Morgan fingerprint density at radius 3 is 2.72 bits per heavy atom. The number of ether oxygens (including phenoxy) is 2. The summed E-state index contributed by atoms with van der Waals surface area (Å²) in [7, 11) is 1.46. The van der Waals surface area contributed by atoms with Gasteiger partial charge in [-0.15, -0.1) is 5.10 Å². The van der Waals surface area contributed by atoms with Gasteiger partial charge in [-0.2, -0.15) is 0 Å². The summed E-state index contributed by atoms with van der Waals surface area (Å²) in [4.78, 5) is 14.8. The average Bonchev–Trinajstić information content (AvgIpc) is 2.97. The summed E-state index contributed by atoms with van der Waals surface area (Å²) in [6, 6.07) is 8.53. The lowest BCUT2D eigenvalue weighted by molar-refractivity contribution is 0.142. The van der Waals surface area contributed by atoms with Crippen molar-refractivity contribution in [3.05, 3.63) is 53.4 Å². The lowest BCUT2D eigenvalue weighted by Gasteiger charge is -2.09. The molecule has 0 unspecified atom stereocenters. The van der Waals surface area contributed by atoms with Crippen molar-refractivity contribution in [1.82, 2.24) is 14.8 Å². The van der Waals surface area contributed by atoms with Crippen LogP contribution in [-0.4, -0.2) is 33.1 Å². The SMILES string of the molecule is COc1cc(-n2nc(OC(=O)O)cc2-c2cc(F)cc(Cl)c2)ccn1. The molecule has 3 aromatic rings. The fourth-order valence-corrected chi connectivity index (χ4v) is 2.47. The summed E-state index contributed by atoms with van der Waals surface area (Å²) in [5.74, 6) is -0.376. The fourth-order valence-electron chi connectivity index (χ4n) is 2.25. The van der Waals surface area contributed by atoms with Gasteiger partial charge in [-0.1, -0.05) is 11.6 Å². The highest BCUT2D eigenvalue weighted by Gasteiger charge is 2.16. The number of carbonyl (C=O) groups is 1. The van der Waals surface area contributed by atoms with E-state index in [0.29, 0.717) is 22.8 Å². The standard InChI is InChI=1S/C16H11ClFN3O4/c1-24-14-7-12(2-3-19-14)21-13(8-15(20-21)25-16(22)23)9-4-10(17)6-11(18)5-9/h2-8H,1H3,(H,22,23). The minimum atomic E-state index is -1.51. The molecule has 9 heteroatoms. The van der Waals surface area contributed by atoms with E-state index >= 15 is 0 Å². The molecule has 3 rings (SSSR count). The molecule has 0 saturated carbocycles. The molecular weight excluding hydrogens is 353 g/mol. The summed E-state index contributed by atoms with van der Waals surface area (Å²) in [5.41, 5.74) is 1.29. The van der Waals surface area contributed by atoms with E-state index in [1.54, 1.807) is 12.1 Å². The quantitative estimate of drug-likeness (QED) is 0.710. The van der Waals surface area contributed by atoms with Crippen LogP contribution in [0.3, 0.4) is 0 Å². The summed E-state index contributed by atoms with van der Waals surface area (Å²) >= 11 is 5.91. The van der Waals surface area contributed by atoms with Crippen molar-refractivity contribution in [1.29, 1.82) is 0 Å². The lowest BCUT2D eigenvalue weighted by Crippen LogP contribution is -2.05. The minimum absolute atomic E-state index is 0.168. The number of pyridine rings is 1. The van der Waals surface area contributed by atoms with E-state index in [4.69, 9.17) is 21.4 Å². The van der Waals surface area contributed by atoms with Crippen molar-refractivity contribution in [2.75, 3.05) is 7.11 Å². The van der Waals surface area contributed by atoms with Crippen molar-refractivity contribution < 1.29 is 23.8 Å². The Morgan fingerprint density at radius 1 is 1.24 bits per heavy atom. The first-order valence-corrected chi connectivity index (χ1v) is 7.32. The zero-order chi connectivity index (χ0) is 18.0. The maximum absolute atomic E-state index is 13.7. The molecule has 2 aromatic heterocycles. The van der Waals surface area contributed by atoms with Crippen molar-refractivity contribution in [3.8, 4) is 28.7 Å². The normalized spacial score (nSPS) is 10.5. The molecule has 0 amide bonds.